The van der Waals surface area contributed by atoms with Crippen LogP contribution in [0.5, 0.6) is 0 Å². The summed E-state index contributed by atoms with van der Waals surface area (Å²) in [7, 11) is 1.20. The topological polar surface area (TPSA) is 163 Å². The zero-order chi connectivity index (χ0) is 27.6. The number of carbonyl (C=O) groups excluding carboxylic acids is 1. The Morgan fingerprint density at radius 3 is 2.82 bits per heavy atom. The number of anilines is 1. The lowest BCUT2D eigenvalue weighted by Crippen LogP contribution is -2.55. The predicted molar refractivity (Wildman–Crippen MR) is 131 cm³/mol. The SMILES string of the molecule is COC(=O)C1(Cc2nc(Cl)nc(N3CCN(C(=O)O)[C@@H](CC#N)C3)c2[N+](=O)[O-])CCCc2c(F)cccc21. The van der Waals surface area contributed by atoms with Crippen LogP contribution in [0.4, 0.5) is 20.7 Å². The van der Waals surface area contributed by atoms with E-state index in [0.29, 0.717) is 24.0 Å². The van der Waals surface area contributed by atoms with Crippen molar-refractivity contribution < 1.29 is 28.7 Å². The van der Waals surface area contributed by atoms with Crippen molar-refractivity contribution in [3.63, 3.8) is 0 Å². The van der Waals surface area contributed by atoms with Crippen LogP contribution in [0.15, 0.2) is 18.2 Å². The number of rotatable bonds is 6. The summed E-state index contributed by atoms with van der Waals surface area (Å²) in [4.78, 5) is 47.4. The number of hydrogen-bond acceptors (Lipinski definition) is 9. The van der Waals surface area contributed by atoms with Gasteiger partial charge in [-0.1, -0.05) is 12.1 Å². The number of hydrogen-bond donors (Lipinski definition) is 1. The first-order valence-electron chi connectivity index (χ1n) is 11.8. The Morgan fingerprint density at radius 1 is 1.39 bits per heavy atom. The standard InChI is InChI=1S/C24H24ClFN6O6/c1-38-21(33)24(8-3-4-15-16(24)5-2-6-17(15)26)12-18-19(32(36)37)20(29-22(25)28-18)30-10-11-31(23(34)35)14(13-30)7-9-27/h2,5-6,14H,3-4,7-8,10-13H2,1H3,(H,34,35)/t14-,24?/m0/s1. The van der Waals surface area contributed by atoms with Crippen molar-refractivity contribution >= 4 is 35.2 Å². The van der Waals surface area contributed by atoms with E-state index in [0.717, 1.165) is 4.90 Å². The third kappa shape index (κ3) is 4.79. The summed E-state index contributed by atoms with van der Waals surface area (Å²) in [6.45, 7) is -0.00372. The fourth-order valence-corrected chi connectivity index (χ4v) is 5.66. The number of methoxy groups -OCH3 is 1. The zero-order valence-corrected chi connectivity index (χ0v) is 21.1. The fraction of sp³-hybridized carbons (Fsp3) is 0.458. The molecule has 200 valence electrons. The molecule has 1 unspecified atom stereocenters. The van der Waals surface area contributed by atoms with Crippen molar-refractivity contribution in [2.45, 2.75) is 43.6 Å². The predicted octanol–water partition coefficient (Wildman–Crippen LogP) is 3.25. The highest BCUT2D eigenvalue weighted by Crippen LogP contribution is 2.44. The number of benzene rings is 1. The quantitative estimate of drug-likeness (QED) is 0.246. The number of fused-ring (bicyclic) bond motifs is 1. The van der Waals surface area contributed by atoms with Gasteiger partial charge in [-0.3, -0.25) is 14.9 Å². The van der Waals surface area contributed by atoms with Crippen LogP contribution in [0.2, 0.25) is 5.28 Å². The third-order valence-electron chi connectivity index (χ3n) is 7.16. The molecule has 2 aliphatic rings. The van der Waals surface area contributed by atoms with Crippen LogP contribution in [0.1, 0.15) is 36.1 Å². The molecule has 2 aromatic rings. The molecule has 14 heteroatoms. The van der Waals surface area contributed by atoms with Crippen LogP contribution in [-0.2, 0) is 27.8 Å². The second kappa shape index (κ2) is 10.7. The van der Waals surface area contributed by atoms with Crippen molar-refractivity contribution in [3.8, 4) is 6.07 Å². The Kier molecular flexibility index (Phi) is 7.63. The van der Waals surface area contributed by atoms with Crippen molar-refractivity contribution in [3.05, 3.63) is 56.2 Å². The Bertz CT molecular complexity index is 1340. The molecule has 1 aliphatic heterocycles. The third-order valence-corrected chi connectivity index (χ3v) is 7.33. The number of nitrogens with zero attached hydrogens (tertiary/aromatic N) is 6. The highest BCUT2D eigenvalue weighted by atomic mass is 35.5. The first-order valence-corrected chi connectivity index (χ1v) is 12.2. The van der Waals surface area contributed by atoms with Crippen LogP contribution < -0.4 is 4.90 Å². The molecule has 1 amide bonds. The van der Waals surface area contributed by atoms with E-state index in [1.54, 1.807) is 6.07 Å². The van der Waals surface area contributed by atoms with Gasteiger partial charge in [-0.15, -0.1) is 0 Å². The average Bonchev–Trinajstić information content (AvgIpc) is 2.88. The number of carbonyl (C=O) groups is 2. The van der Waals surface area contributed by atoms with Gasteiger partial charge in [0, 0.05) is 26.1 Å². The van der Waals surface area contributed by atoms with Crippen molar-refractivity contribution in [2.24, 2.45) is 0 Å². The molecule has 1 aromatic heterocycles. The van der Waals surface area contributed by atoms with E-state index < -0.39 is 39.9 Å². The fourth-order valence-electron chi connectivity index (χ4n) is 5.48. The van der Waals surface area contributed by atoms with Gasteiger partial charge < -0.3 is 19.6 Å². The van der Waals surface area contributed by atoms with Gasteiger partial charge >= 0.3 is 17.7 Å². The molecule has 0 bridgehead atoms. The van der Waals surface area contributed by atoms with Crippen LogP contribution >= 0.6 is 11.6 Å². The number of piperazine rings is 1. The lowest BCUT2D eigenvalue weighted by Gasteiger charge is -2.39. The summed E-state index contributed by atoms with van der Waals surface area (Å²) in [5.74, 6) is -1.31. The molecule has 1 N–H and O–H groups in total. The molecule has 4 rings (SSSR count). The van der Waals surface area contributed by atoms with Crippen LogP contribution in [0.3, 0.4) is 0 Å². The molecule has 1 fully saturated rings. The molecule has 0 spiro atoms. The van der Waals surface area contributed by atoms with Crippen molar-refractivity contribution in [1.29, 1.82) is 5.26 Å². The molecule has 2 heterocycles. The number of nitro groups is 1. The normalized spacial score (nSPS) is 20.8. The lowest BCUT2D eigenvalue weighted by atomic mass is 9.67. The second-order valence-electron chi connectivity index (χ2n) is 9.18. The molecule has 1 aliphatic carbocycles. The van der Waals surface area contributed by atoms with Gasteiger partial charge in [0.1, 0.15) is 11.5 Å². The summed E-state index contributed by atoms with van der Waals surface area (Å²) >= 11 is 6.22. The maximum atomic E-state index is 14.7. The average molecular weight is 547 g/mol. The van der Waals surface area contributed by atoms with E-state index in [2.05, 4.69) is 9.97 Å². The molecular formula is C24H24ClFN6O6. The van der Waals surface area contributed by atoms with E-state index in [1.165, 1.54) is 24.1 Å². The first-order chi connectivity index (χ1) is 18.1. The number of carboxylic acid groups (broad SMARTS) is 1. The summed E-state index contributed by atoms with van der Waals surface area (Å²) in [6, 6.07) is 5.57. The van der Waals surface area contributed by atoms with E-state index >= 15 is 0 Å². The monoisotopic (exact) mass is 546 g/mol. The van der Waals surface area contributed by atoms with Gasteiger partial charge in [0.15, 0.2) is 0 Å². The molecular weight excluding hydrogens is 523 g/mol. The minimum atomic E-state index is -1.45. The summed E-state index contributed by atoms with van der Waals surface area (Å²) in [5, 5.41) is 30.7. The van der Waals surface area contributed by atoms with E-state index in [1.807, 2.05) is 6.07 Å². The Morgan fingerprint density at radius 2 is 2.16 bits per heavy atom. The number of esters is 1. The highest BCUT2D eigenvalue weighted by Gasteiger charge is 2.48. The maximum absolute atomic E-state index is 14.7. The summed E-state index contributed by atoms with van der Waals surface area (Å²) < 4.78 is 19.8. The smallest absolute Gasteiger partial charge is 0.407 e. The van der Waals surface area contributed by atoms with Gasteiger partial charge in [0.25, 0.3) is 0 Å². The Hall–Kier alpha value is -4.05. The van der Waals surface area contributed by atoms with Gasteiger partial charge in [-0.2, -0.15) is 10.2 Å². The minimum absolute atomic E-state index is 0.0193. The zero-order valence-electron chi connectivity index (χ0n) is 20.4. The van der Waals surface area contributed by atoms with Crippen molar-refractivity contribution in [2.75, 3.05) is 31.6 Å². The van der Waals surface area contributed by atoms with E-state index in [9.17, 15) is 34.5 Å². The Labute approximate surface area is 221 Å². The molecule has 2 atom stereocenters. The molecule has 0 radical (unpaired) electrons. The van der Waals surface area contributed by atoms with E-state index in [4.69, 9.17) is 16.3 Å². The number of halogens is 2. The number of amides is 1. The van der Waals surface area contributed by atoms with Crippen LogP contribution in [-0.4, -0.2) is 69.7 Å². The lowest BCUT2D eigenvalue weighted by molar-refractivity contribution is -0.385. The Balaban J connectivity index is 1.83. The molecule has 12 nitrogen and oxygen atoms in total. The van der Waals surface area contributed by atoms with Gasteiger partial charge in [0.2, 0.25) is 11.1 Å². The van der Waals surface area contributed by atoms with Gasteiger partial charge in [0.05, 0.1) is 36.0 Å². The highest BCUT2D eigenvalue weighted by molar-refractivity contribution is 6.28. The summed E-state index contributed by atoms with van der Waals surface area (Å²) in [5.41, 5.74) is -1.36. The van der Waals surface area contributed by atoms with Crippen LogP contribution in [0.25, 0.3) is 0 Å². The second-order valence-corrected chi connectivity index (χ2v) is 9.51. The minimum Gasteiger partial charge on any atom is -0.468 e. The molecule has 0 saturated carbocycles. The van der Waals surface area contributed by atoms with Gasteiger partial charge in [-0.05, 0) is 48.1 Å². The molecule has 1 saturated heterocycles. The molecule has 1 aromatic carbocycles. The van der Waals surface area contributed by atoms with Crippen LogP contribution in [0, 0.1) is 27.3 Å². The molecule has 38 heavy (non-hydrogen) atoms. The number of aromatic nitrogens is 2. The first kappa shape index (κ1) is 27.0. The maximum Gasteiger partial charge on any atom is 0.407 e. The number of nitriles is 1. The largest absolute Gasteiger partial charge is 0.468 e. The van der Waals surface area contributed by atoms with Gasteiger partial charge in [-0.25, -0.2) is 14.2 Å². The number of ether oxygens (including phenoxy) is 1. The summed E-state index contributed by atoms with van der Waals surface area (Å²) in [6.07, 6.45) is -0.549. The van der Waals surface area contributed by atoms with E-state index in [-0.39, 0.29) is 55.7 Å². The van der Waals surface area contributed by atoms with Crippen molar-refractivity contribution in [1.82, 2.24) is 14.9 Å².